The number of aliphatic hydroxyl groups is 2. The summed E-state index contributed by atoms with van der Waals surface area (Å²) in [5, 5.41) is 32.9. The van der Waals surface area contributed by atoms with Gasteiger partial charge in [0, 0.05) is 36.1 Å². The third-order valence-corrected chi connectivity index (χ3v) is 10.2. The van der Waals surface area contributed by atoms with Crippen molar-refractivity contribution in [3.63, 3.8) is 0 Å². The van der Waals surface area contributed by atoms with E-state index < -0.39 is 47.5 Å². The molecule has 0 aromatic heterocycles. The highest BCUT2D eigenvalue weighted by atomic mass is 16.9. The number of phenols is 1. The van der Waals surface area contributed by atoms with E-state index in [4.69, 9.17) is 33.2 Å². The number of aromatic hydroxyl groups is 1. The topological polar surface area (TPSA) is 146 Å². The Balaban J connectivity index is 1.44. The lowest BCUT2D eigenvalue weighted by atomic mass is 9.76. The summed E-state index contributed by atoms with van der Waals surface area (Å²) in [5.74, 6) is -3.11. The number of ketones is 1. The molecule has 7 rings (SSSR count). The molecular weight excluding hydrogens is 560 g/mol. The molecule has 2 aromatic carbocycles. The van der Waals surface area contributed by atoms with E-state index in [9.17, 15) is 20.1 Å². The van der Waals surface area contributed by atoms with Crippen LogP contribution in [0.4, 0.5) is 0 Å². The number of ether oxygens (including phenoxy) is 7. The van der Waals surface area contributed by atoms with Gasteiger partial charge < -0.3 is 48.5 Å². The van der Waals surface area contributed by atoms with Crippen molar-refractivity contribution in [2.75, 3.05) is 34.0 Å². The summed E-state index contributed by atoms with van der Waals surface area (Å²) in [6.07, 6.45) is 0.576. The van der Waals surface area contributed by atoms with Crippen molar-refractivity contribution >= 4 is 16.6 Å². The molecule has 11 nitrogen and oxygen atoms in total. The van der Waals surface area contributed by atoms with Gasteiger partial charge in [-0.25, -0.2) is 0 Å². The van der Waals surface area contributed by atoms with Crippen LogP contribution >= 0.6 is 0 Å². The summed E-state index contributed by atoms with van der Waals surface area (Å²) in [6, 6.07) is 1.87. The van der Waals surface area contributed by atoms with Crippen molar-refractivity contribution in [1.29, 1.82) is 0 Å². The summed E-state index contributed by atoms with van der Waals surface area (Å²) in [4.78, 5) is 13.5. The molecule has 5 unspecified atom stereocenters. The maximum absolute atomic E-state index is 13.5. The Hall–Kier alpha value is -2.51. The molecule has 4 aliphatic heterocycles. The molecule has 3 fully saturated rings. The van der Waals surface area contributed by atoms with Crippen LogP contribution in [0.25, 0.3) is 10.8 Å². The number of hydrogen-bond donors (Lipinski definition) is 3. The van der Waals surface area contributed by atoms with Crippen molar-refractivity contribution in [3.05, 3.63) is 28.3 Å². The molecule has 5 aliphatic rings. The average molecular weight is 601 g/mol. The van der Waals surface area contributed by atoms with E-state index in [1.54, 1.807) is 14.0 Å². The molecule has 43 heavy (non-hydrogen) atoms. The third kappa shape index (κ3) is 3.58. The van der Waals surface area contributed by atoms with Crippen molar-refractivity contribution in [2.24, 2.45) is 5.92 Å². The second-order valence-corrected chi connectivity index (χ2v) is 12.5. The van der Waals surface area contributed by atoms with Crippen molar-refractivity contribution in [1.82, 2.24) is 0 Å². The number of aliphatic hydroxyl groups excluding tert-OH is 2. The molecule has 2 aromatic rings. The van der Waals surface area contributed by atoms with Gasteiger partial charge in [-0.1, -0.05) is 19.8 Å². The van der Waals surface area contributed by atoms with Crippen LogP contribution in [0.3, 0.4) is 0 Å². The van der Waals surface area contributed by atoms with Crippen LogP contribution in [-0.4, -0.2) is 84.5 Å². The van der Waals surface area contributed by atoms with Gasteiger partial charge >= 0.3 is 0 Å². The summed E-state index contributed by atoms with van der Waals surface area (Å²) in [7, 11) is 3.08. The number of unbranched alkanes of at least 4 members (excludes halogenated alkanes) is 3. The number of carbonyl (C=O) groups excluding carboxylic acids is 1. The minimum atomic E-state index is -1.43. The predicted molar refractivity (Wildman–Crippen MR) is 151 cm³/mol. The van der Waals surface area contributed by atoms with Gasteiger partial charge in [0.15, 0.2) is 11.9 Å². The zero-order valence-corrected chi connectivity index (χ0v) is 25.2. The Morgan fingerprint density at radius 2 is 1.88 bits per heavy atom. The molecule has 0 radical (unpaired) electrons. The lowest BCUT2D eigenvalue weighted by molar-refractivity contribution is -0.314. The first-order valence-electron chi connectivity index (χ1n) is 15.2. The molecule has 3 saturated heterocycles. The Morgan fingerprint density at radius 1 is 1.14 bits per heavy atom. The minimum Gasteiger partial charge on any atom is -0.506 e. The lowest BCUT2D eigenvalue weighted by Crippen LogP contribution is -2.69. The fourth-order valence-electron chi connectivity index (χ4n) is 7.92. The molecular formula is C32H40O11. The van der Waals surface area contributed by atoms with E-state index in [0.29, 0.717) is 34.4 Å². The fraction of sp³-hybridized carbons (Fsp3) is 0.656. The third-order valence-electron chi connectivity index (χ3n) is 10.2. The molecule has 8 atom stereocenters. The summed E-state index contributed by atoms with van der Waals surface area (Å²) in [6.45, 7) is 6.26. The number of Topliss-reactive ketones (excluding diaryl/α,β-unsaturated/α-hetero) is 1. The fourth-order valence-corrected chi connectivity index (χ4v) is 7.92. The molecule has 11 heteroatoms. The summed E-state index contributed by atoms with van der Waals surface area (Å²) < 4.78 is 44.9. The highest BCUT2D eigenvalue weighted by Gasteiger charge is 2.92. The maximum Gasteiger partial charge on any atom is 0.277 e. The summed E-state index contributed by atoms with van der Waals surface area (Å²) >= 11 is 0. The quantitative estimate of drug-likeness (QED) is 0.271. The number of aryl methyl sites for hydroxylation is 1. The molecule has 4 heterocycles. The van der Waals surface area contributed by atoms with Gasteiger partial charge in [0.1, 0.15) is 29.5 Å². The zero-order chi connectivity index (χ0) is 30.5. The smallest absolute Gasteiger partial charge is 0.277 e. The predicted octanol–water partition coefficient (Wildman–Crippen LogP) is 3.75. The number of fused-ring (bicyclic) bond motifs is 8. The van der Waals surface area contributed by atoms with Crippen LogP contribution in [0.2, 0.25) is 0 Å². The monoisotopic (exact) mass is 600 g/mol. The van der Waals surface area contributed by atoms with E-state index >= 15 is 0 Å². The van der Waals surface area contributed by atoms with Gasteiger partial charge in [-0.05, 0) is 44.7 Å². The Morgan fingerprint density at radius 3 is 2.56 bits per heavy atom. The molecule has 2 bridgehead atoms. The molecule has 0 saturated carbocycles. The number of methoxy groups -OCH3 is 2. The molecule has 1 aliphatic carbocycles. The van der Waals surface area contributed by atoms with Gasteiger partial charge in [-0.2, -0.15) is 0 Å². The standard InChI is InChI=1S/C32H40O11/c1-15-12-18-21(25(36)23-22(26(18)38-5)19(34)13-16(2)24(23)35)27-20(15)28-29-32(41-27,39-11-9-7-6-8-10-33)30(14-40-30)31(42-28,43-29)17(3)37-4/h12,16-17,19,28-29,33-34,36H,6-11,13-14H2,1-5H3/t16-,17?,19-,28+,29?,30?,31?,32?/m0/s1. The van der Waals surface area contributed by atoms with Gasteiger partial charge in [-0.15, -0.1) is 0 Å². The first-order chi connectivity index (χ1) is 20.6. The highest BCUT2D eigenvalue weighted by Crippen LogP contribution is 2.72. The van der Waals surface area contributed by atoms with Crippen LogP contribution in [0.1, 0.15) is 85.2 Å². The number of phenolic OH excluding ortho intramolecular Hbond substituents is 1. The van der Waals surface area contributed by atoms with Crippen molar-refractivity contribution in [2.45, 2.75) is 94.5 Å². The zero-order valence-electron chi connectivity index (χ0n) is 25.2. The molecule has 0 amide bonds. The van der Waals surface area contributed by atoms with E-state index in [0.717, 1.165) is 31.2 Å². The normalized spacial score (nSPS) is 35.7. The van der Waals surface area contributed by atoms with E-state index in [1.165, 1.54) is 7.11 Å². The maximum atomic E-state index is 13.5. The van der Waals surface area contributed by atoms with Crippen LogP contribution in [0, 0.1) is 12.8 Å². The van der Waals surface area contributed by atoms with Crippen LogP contribution in [-0.2, 0) is 23.7 Å². The first-order valence-corrected chi connectivity index (χ1v) is 15.2. The van der Waals surface area contributed by atoms with Gasteiger partial charge in [0.25, 0.3) is 5.79 Å². The second-order valence-electron chi connectivity index (χ2n) is 12.5. The van der Waals surface area contributed by atoms with Crippen molar-refractivity contribution in [3.8, 4) is 17.2 Å². The average Bonchev–Trinajstić information content (AvgIpc) is 3.65. The second kappa shape index (κ2) is 10.00. The largest absolute Gasteiger partial charge is 0.506 e. The molecule has 234 valence electrons. The van der Waals surface area contributed by atoms with Crippen LogP contribution in [0.15, 0.2) is 6.07 Å². The summed E-state index contributed by atoms with van der Waals surface area (Å²) in [5.41, 5.74) is 0.674. The SMILES string of the molecule is COc1c2c(c(O)c3c4c(c(C)cc13)[C@H]1OC3(C(C)OC)OC1C(OCCCCCCO)(O4)C31CO1)C(=O)[C@@H](C)C[C@@H]2O. The Labute approximate surface area is 249 Å². The number of hydrogen-bond acceptors (Lipinski definition) is 11. The van der Waals surface area contributed by atoms with Crippen LogP contribution in [0.5, 0.6) is 17.2 Å². The van der Waals surface area contributed by atoms with E-state index in [2.05, 4.69) is 0 Å². The van der Waals surface area contributed by atoms with Gasteiger partial charge in [-0.3, -0.25) is 4.79 Å². The first kappa shape index (κ1) is 29.2. The van der Waals surface area contributed by atoms with Crippen molar-refractivity contribution < 1.29 is 53.3 Å². The molecule has 1 spiro atoms. The lowest BCUT2D eigenvalue weighted by Gasteiger charge is -2.49. The Bertz CT molecular complexity index is 1480. The number of epoxide rings is 1. The number of carbonyl (C=O) groups is 1. The molecule has 3 N–H and O–H groups in total. The Kier molecular flexibility index (Phi) is 6.79. The van der Waals surface area contributed by atoms with Gasteiger partial charge in [0.05, 0.1) is 37.4 Å². The van der Waals surface area contributed by atoms with Gasteiger partial charge in [0.2, 0.25) is 11.4 Å². The number of benzene rings is 2. The highest BCUT2D eigenvalue weighted by molar-refractivity contribution is 6.12. The van der Waals surface area contributed by atoms with E-state index in [1.807, 2.05) is 19.9 Å². The number of rotatable bonds is 10. The van der Waals surface area contributed by atoms with E-state index in [-0.39, 0.29) is 42.3 Å². The van der Waals surface area contributed by atoms with Crippen LogP contribution < -0.4 is 9.47 Å². The minimum absolute atomic E-state index is 0.0446.